The number of nitrogens with zero attached hydrogens (tertiary/aromatic N) is 1. The highest BCUT2D eigenvalue weighted by Gasteiger charge is 2.19. The summed E-state index contributed by atoms with van der Waals surface area (Å²) < 4.78 is 0. The van der Waals surface area contributed by atoms with Gasteiger partial charge in [-0.1, -0.05) is 30.3 Å². The SMILES string of the molecule is CC(C#N)NC(Cc1ccccc1)C(=O)O. The molecule has 2 atom stereocenters. The largest absolute Gasteiger partial charge is 0.480 e. The molecule has 4 nitrogen and oxygen atoms in total. The average molecular weight is 218 g/mol. The van der Waals surface area contributed by atoms with E-state index in [1.54, 1.807) is 6.92 Å². The van der Waals surface area contributed by atoms with Crippen molar-refractivity contribution in [1.82, 2.24) is 5.32 Å². The van der Waals surface area contributed by atoms with Gasteiger partial charge in [-0.25, -0.2) is 0 Å². The van der Waals surface area contributed by atoms with E-state index in [0.29, 0.717) is 6.42 Å². The van der Waals surface area contributed by atoms with Crippen molar-refractivity contribution < 1.29 is 9.90 Å². The molecule has 0 radical (unpaired) electrons. The minimum atomic E-state index is -0.939. The first-order valence-electron chi connectivity index (χ1n) is 5.06. The summed E-state index contributed by atoms with van der Waals surface area (Å²) >= 11 is 0. The Balaban J connectivity index is 2.66. The zero-order chi connectivity index (χ0) is 12.0. The minimum absolute atomic E-state index is 0.377. The van der Waals surface area contributed by atoms with E-state index in [9.17, 15) is 4.79 Å². The van der Waals surface area contributed by atoms with Gasteiger partial charge < -0.3 is 5.11 Å². The Morgan fingerprint density at radius 3 is 2.62 bits per heavy atom. The molecule has 84 valence electrons. The van der Waals surface area contributed by atoms with Crippen LogP contribution in [0.4, 0.5) is 0 Å². The summed E-state index contributed by atoms with van der Waals surface area (Å²) in [6.45, 7) is 1.64. The van der Waals surface area contributed by atoms with Crippen molar-refractivity contribution in [2.24, 2.45) is 0 Å². The molecular formula is C12H14N2O2. The zero-order valence-corrected chi connectivity index (χ0v) is 9.05. The molecule has 0 aliphatic heterocycles. The lowest BCUT2D eigenvalue weighted by molar-refractivity contribution is -0.139. The van der Waals surface area contributed by atoms with E-state index >= 15 is 0 Å². The first kappa shape index (κ1) is 12.2. The lowest BCUT2D eigenvalue weighted by Gasteiger charge is -2.15. The number of rotatable bonds is 5. The van der Waals surface area contributed by atoms with Gasteiger partial charge in [0.15, 0.2) is 0 Å². The van der Waals surface area contributed by atoms with Gasteiger partial charge in [-0.3, -0.25) is 10.1 Å². The van der Waals surface area contributed by atoms with Crippen LogP contribution in [0, 0.1) is 11.3 Å². The molecule has 1 aromatic rings. The number of carbonyl (C=O) groups is 1. The van der Waals surface area contributed by atoms with Crippen LogP contribution in [0.2, 0.25) is 0 Å². The number of carboxylic acids is 1. The molecule has 0 amide bonds. The molecule has 0 aliphatic rings. The zero-order valence-electron chi connectivity index (χ0n) is 9.05. The van der Waals surface area contributed by atoms with Crippen molar-refractivity contribution in [3.8, 4) is 6.07 Å². The van der Waals surface area contributed by atoms with E-state index in [4.69, 9.17) is 10.4 Å². The van der Waals surface area contributed by atoms with E-state index in [2.05, 4.69) is 5.32 Å². The topological polar surface area (TPSA) is 73.1 Å². The highest BCUT2D eigenvalue weighted by Crippen LogP contribution is 2.04. The Morgan fingerprint density at radius 2 is 2.12 bits per heavy atom. The summed E-state index contributed by atoms with van der Waals surface area (Å²) in [6.07, 6.45) is 0.377. The predicted octanol–water partition coefficient (Wildman–Crippen LogP) is 1.18. The van der Waals surface area contributed by atoms with Crippen molar-refractivity contribution in [1.29, 1.82) is 5.26 Å². The predicted molar refractivity (Wildman–Crippen MR) is 59.8 cm³/mol. The molecule has 0 saturated heterocycles. The maximum absolute atomic E-state index is 11.0. The molecule has 1 rings (SSSR count). The second-order valence-electron chi connectivity index (χ2n) is 3.60. The summed E-state index contributed by atoms with van der Waals surface area (Å²) in [7, 11) is 0. The molecule has 0 aliphatic carbocycles. The molecule has 16 heavy (non-hydrogen) atoms. The molecule has 2 unspecified atom stereocenters. The van der Waals surface area contributed by atoms with Crippen LogP contribution >= 0.6 is 0 Å². The Morgan fingerprint density at radius 1 is 1.50 bits per heavy atom. The number of aliphatic carboxylic acids is 1. The molecule has 0 fully saturated rings. The standard InChI is InChI=1S/C12H14N2O2/c1-9(8-13)14-11(12(15)16)7-10-5-3-2-4-6-10/h2-6,9,11,14H,7H2,1H3,(H,15,16). The molecule has 2 N–H and O–H groups in total. The lowest BCUT2D eigenvalue weighted by atomic mass is 10.1. The van der Waals surface area contributed by atoms with Crippen molar-refractivity contribution in [2.45, 2.75) is 25.4 Å². The third kappa shape index (κ3) is 3.71. The van der Waals surface area contributed by atoms with Crippen LogP contribution in [0.3, 0.4) is 0 Å². The normalized spacial score (nSPS) is 13.8. The van der Waals surface area contributed by atoms with Crippen molar-refractivity contribution >= 4 is 5.97 Å². The second kappa shape index (κ2) is 5.89. The number of nitrogens with one attached hydrogen (secondary N) is 1. The van der Waals surface area contributed by atoms with Crippen LogP contribution in [0.1, 0.15) is 12.5 Å². The van der Waals surface area contributed by atoms with Gasteiger partial charge in [0, 0.05) is 0 Å². The summed E-state index contributed by atoms with van der Waals surface area (Å²) in [5.41, 5.74) is 0.938. The molecule has 0 heterocycles. The van der Waals surface area contributed by atoms with Gasteiger partial charge in [0.1, 0.15) is 6.04 Å². The lowest BCUT2D eigenvalue weighted by Crippen LogP contribution is -2.42. The third-order valence-electron chi connectivity index (χ3n) is 2.23. The van der Waals surface area contributed by atoms with Gasteiger partial charge in [0.05, 0.1) is 12.1 Å². The van der Waals surface area contributed by atoms with Crippen LogP contribution in [0.25, 0.3) is 0 Å². The van der Waals surface area contributed by atoms with E-state index in [-0.39, 0.29) is 0 Å². The maximum atomic E-state index is 11.0. The first-order chi connectivity index (χ1) is 7.63. The van der Waals surface area contributed by atoms with E-state index in [0.717, 1.165) is 5.56 Å². The molecule has 4 heteroatoms. The van der Waals surface area contributed by atoms with E-state index in [1.165, 1.54) is 0 Å². The Kier molecular flexibility index (Phi) is 4.49. The number of carboxylic acid groups (broad SMARTS) is 1. The quantitative estimate of drug-likeness (QED) is 0.778. The van der Waals surface area contributed by atoms with Gasteiger partial charge >= 0.3 is 5.97 Å². The van der Waals surface area contributed by atoms with Crippen LogP contribution in [0.5, 0.6) is 0 Å². The van der Waals surface area contributed by atoms with Gasteiger partial charge in [0.25, 0.3) is 0 Å². The van der Waals surface area contributed by atoms with Gasteiger partial charge in [-0.05, 0) is 18.9 Å². The molecule has 1 aromatic carbocycles. The highest BCUT2D eigenvalue weighted by molar-refractivity contribution is 5.74. The van der Waals surface area contributed by atoms with Crippen LogP contribution in [-0.2, 0) is 11.2 Å². The first-order valence-corrected chi connectivity index (χ1v) is 5.06. The number of hydrogen-bond acceptors (Lipinski definition) is 3. The smallest absolute Gasteiger partial charge is 0.321 e. The van der Waals surface area contributed by atoms with Crippen LogP contribution < -0.4 is 5.32 Å². The number of benzene rings is 1. The summed E-state index contributed by atoms with van der Waals surface area (Å²) in [6, 6.07) is 10.1. The molecule has 0 spiro atoms. The highest BCUT2D eigenvalue weighted by atomic mass is 16.4. The number of hydrogen-bond donors (Lipinski definition) is 2. The van der Waals surface area contributed by atoms with Gasteiger partial charge in [-0.2, -0.15) is 5.26 Å². The van der Waals surface area contributed by atoms with E-state index in [1.807, 2.05) is 36.4 Å². The minimum Gasteiger partial charge on any atom is -0.480 e. The summed E-state index contributed by atoms with van der Waals surface area (Å²) in [4.78, 5) is 11.0. The molecule has 0 bridgehead atoms. The van der Waals surface area contributed by atoms with Gasteiger partial charge in [0.2, 0.25) is 0 Å². The molecular weight excluding hydrogens is 204 g/mol. The average Bonchev–Trinajstić information content (AvgIpc) is 2.29. The Hall–Kier alpha value is -1.86. The Labute approximate surface area is 94.5 Å². The fourth-order valence-electron chi connectivity index (χ4n) is 1.41. The van der Waals surface area contributed by atoms with Crippen LogP contribution in [-0.4, -0.2) is 23.2 Å². The van der Waals surface area contributed by atoms with Crippen molar-refractivity contribution in [3.63, 3.8) is 0 Å². The van der Waals surface area contributed by atoms with E-state index < -0.39 is 18.1 Å². The summed E-state index contributed by atoms with van der Waals surface area (Å²) in [5, 5.41) is 20.4. The maximum Gasteiger partial charge on any atom is 0.321 e. The van der Waals surface area contributed by atoms with Crippen molar-refractivity contribution in [2.75, 3.05) is 0 Å². The number of nitriles is 1. The molecule has 0 aromatic heterocycles. The molecule has 0 saturated carbocycles. The van der Waals surface area contributed by atoms with Crippen LogP contribution in [0.15, 0.2) is 30.3 Å². The summed E-state index contributed by atoms with van der Waals surface area (Å²) in [5.74, 6) is -0.939. The van der Waals surface area contributed by atoms with Gasteiger partial charge in [-0.15, -0.1) is 0 Å². The fraction of sp³-hybridized carbons (Fsp3) is 0.333. The second-order valence-corrected chi connectivity index (χ2v) is 3.60. The monoisotopic (exact) mass is 218 g/mol. The Bertz CT molecular complexity index is 384. The van der Waals surface area contributed by atoms with Crippen molar-refractivity contribution in [3.05, 3.63) is 35.9 Å². The fourth-order valence-corrected chi connectivity index (χ4v) is 1.41. The third-order valence-corrected chi connectivity index (χ3v) is 2.23.